The van der Waals surface area contributed by atoms with E-state index in [1.165, 1.54) is 16.8 Å². The quantitative estimate of drug-likeness (QED) is 0.763. The Morgan fingerprint density at radius 3 is 2.93 bits per heavy atom. The van der Waals surface area contributed by atoms with E-state index in [1.807, 2.05) is 6.07 Å². The molecule has 4 rings (SSSR count). The van der Waals surface area contributed by atoms with Gasteiger partial charge in [0.2, 0.25) is 0 Å². The minimum atomic E-state index is -1.14. The summed E-state index contributed by atoms with van der Waals surface area (Å²) in [5.41, 5.74) is 6.42. The molecule has 0 aliphatic carbocycles. The summed E-state index contributed by atoms with van der Waals surface area (Å²) < 4.78 is 29.5. The van der Waals surface area contributed by atoms with Crippen LogP contribution in [0.1, 0.15) is 33.9 Å². The second-order valence-electron chi connectivity index (χ2n) is 6.36. The average Bonchev–Trinajstić information content (AvgIpc) is 3.24. The van der Waals surface area contributed by atoms with Gasteiger partial charge in [0.1, 0.15) is 23.4 Å². The molecule has 27 heavy (non-hydrogen) atoms. The summed E-state index contributed by atoms with van der Waals surface area (Å²) in [6.07, 6.45) is 1.92. The van der Waals surface area contributed by atoms with E-state index in [2.05, 4.69) is 10.1 Å². The van der Waals surface area contributed by atoms with Gasteiger partial charge >= 0.3 is 0 Å². The molecule has 7 nitrogen and oxygen atoms in total. The third kappa shape index (κ3) is 2.95. The summed E-state index contributed by atoms with van der Waals surface area (Å²) in [5, 5.41) is 13.1. The Bertz CT molecular complexity index is 1090. The Kier molecular flexibility index (Phi) is 3.96. The molecule has 0 saturated carbocycles. The lowest BCUT2D eigenvalue weighted by molar-refractivity contribution is 0.100. The minimum Gasteiger partial charge on any atom is -0.365 e. The van der Waals surface area contributed by atoms with E-state index in [0.717, 1.165) is 6.07 Å². The number of rotatable bonds is 3. The number of benzene rings is 1. The van der Waals surface area contributed by atoms with Crippen molar-refractivity contribution in [2.45, 2.75) is 18.6 Å². The molecule has 2 atom stereocenters. The van der Waals surface area contributed by atoms with E-state index in [-0.39, 0.29) is 29.7 Å². The number of nitrogens with zero attached hydrogens (tertiary/aromatic N) is 5. The molecule has 1 fully saturated rings. The van der Waals surface area contributed by atoms with Crippen molar-refractivity contribution < 1.29 is 13.6 Å². The molecular formula is C18H14F2N6O. The normalized spacial score (nSPS) is 19.4. The molecule has 136 valence electrons. The van der Waals surface area contributed by atoms with Crippen molar-refractivity contribution in [3.63, 3.8) is 0 Å². The molecule has 0 radical (unpaired) electrons. The maximum Gasteiger partial charge on any atom is 0.254 e. The van der Waals surface area contributed by atoms with Crippen LogP contribution in [0.5, 0.6) is 0 Å². The first-order valence-corrected chi connectivity index (χ1v) is 8.22. The maximum atomic E-state index is 14.2. The summed E-state index contributed by atoms with van der Waals surface area (Å²) in [6, 6.07) is 7.03. The van der Waals surface area contributed by atoms with Gasteiger partial charge in [0.15, 0.2) is 5.65 Å². The maximum absolute atomic E-state index is 14.2. The van der Waals surface area contributed by atoms with Gasteiger partial charge in [-0.25, -0.2) is 18.3 Å². The van der Waals surface area contributed by atoms with Crippen LogP contribution in [0.15, 0.2) is 36.7 Å². The zero-order chi connectivity index (χ0) is 19.1. The minimum absolute atomic E-state index is 0.0618. The van der Waals surface area contributed by atoms with Crippen molar-refractivity contribution in [2.24, 2.45) is 5.73 Å². The number of halogens is 2. The lowest BCUT2D eigenvalue weighted by Gasteiger charge is -2.26. The van der Waals surface area contributed by atoms with Crippen LogP contribution >= 0.6 is 0 Å². The third-order valence-corrected chi connectivity index (χ3v) is 4.60. The smallest absolute Gasteiger partial charge is 0.254 e. The van der Waals surface area contributed by atoms with Crippen molar-refractivity contribution in [1.82, 2.24) is 14.6 Å². The third-order valence-electron chi connectivity index (χ3n) is 4.60. The second-order valence-corrected chi connectivity index (χ2v) is 6.36. The fraction of sp³-hybridized carbons (Fsp3) is 0.222. The predicted molar refractivity (Wildman–Crippen MR) is 92.2 cm³/mol. The number of alkyl halides is 1. The van der Waals surface area contributed by atoms with Gasteiger partial charge in [-0.2, -0.15) is 10.4 Å². The van der Waals surface area contributed by atoms with E-state index in [1.54, 1.807) is 23.2 Å². The molecule has 1 aliphatic heterocycles. The molecule has 9 heteroatoms. The van der Waals surface area contributed by atoms with Crippen molar-refractivity contribution in [3.05, 3.63) is 59.2 Å². The molecule has 0 spiro atoms. The van der Waals surface area contributed by atoms with Gasteiger partial charge in [-0.1, -0.05) is 0 Å². The molecule has 2 N–H and O–H groups in total. The zero-order valence-corrected chi connectivity index (χ0v) is 14.0. The summed E-state index contributed by atoms with van der Waals surface area (Å²) in [6.45, 7) is 0.0618. The van der Waals surface area contributed by atoms with E-state index in [4.69, 9.17) is 11.0 Å². The number of nitriles is 1. The highest BCUT2D eigenvalue weighted by Crippen LogP contribution is 2.37. The van der Waals surface area contributed by atoms with Gasteiger partial charge in [-0.05, 0) is 29.8 Å². The number of aromatic nitrogens is 3. The van der Waals surface area contributed by atoms with E-state index < -0.39 is 23.9 Å². The lowest BCUT2D eigenvalue weighted by atomic mass is 10.0. The highest BCUT2D eigenvalue weighted by Gasteiger charge is 2.35. The van der Waals surface area contributed by atoms with Crippen LogP contribution in [0.25, 0.3) is 5.65 Å². The van der Waals surface area contributed by atoms with Gasteiger partial charge in [-0.15, -0.1) is 0 Å². The zero-order valence-electron chi connectivity index (χ0n) is 14.0. The fourth-order valence-corrected chi connectivity index (χ4v) is 3.42. The van der Waals surface area contributed by atoms with E-state index in [9.17, 15) is 13.6 Å². The number of fused-ring (bicyclic) bond motifs is 1. The van der Waals surface area contributed by atoms with Gasteiger partial charge < -0.3 is 10.6 Å². The van der Waals surface area contributed by atoms with E-state index >= 15 is 0 Å². The molecule has 3 heterocycles. The standard InChI is InChI=1S/C18H14F2N6O/c19-12-4-10(7-21)3-11(5-12)15-6-13(20)9-25(15)16-1-2-26-18(24-16)14(8-23-26)17(22)27/h1-5,8,13,15H,6,9H2,(H2,22,27). The topological polar surface area (TPSA) is 100 Å². The number of hydrogen-bond donors (Lipinski definition) is 1. The molecule has 1 saturated heterocycles. The monoisotopic (exact) mass is 368 g/mol. The van der Waals surface area contributed by atoms with Gasteiger partial charge in [-0.3, -0.25) is 4.79 Å². The summed E-state index contributed by atoms with van der Waals surface area (Å²) in [4.78, 5) is 17.6. The molecule has 2 unspecified atom stereocenters. The second kappa shape index (κ2) is 6.32. The molecule has 3 aromatic rings. The first kappa shape index (κ1) is 16.9. The van der Waals surface area contributed by atoms with Crippen LogP contribution in [0.4, 0.5) is 14.6 Å². The van der Waals surface area contributed by atoms with Crippen LogP contribution in [0.3, 0.4) is 0 Å². The fourth-order valence-electron chi connectivity index (χ4n) is 3.42. The number of hydrogen-bond acceptors (Lipinski definition) is 5. The predicted octanol–water partition coefficient (Wildman–Crippen LogP) is 2.13. The van der Waals surface area contributed by atoms with Crippen LogP contribution in [-0.2, 0) is 0 Å². The van der Waals surface area contributed by atoms with Crippen molar-refractivity contribution in [2.75, 3.05) is 11.4 Å². The molecule has 1 amide bonds. The average molecular weight is 368 g/mol. The Morgan fingerprint density at radius 2 is 2.19 bits per heavy atom. The number of anilines is 1. The molecule has 1 aromatic carbocycles. The van der Waals surface area contributed by atoms with Crippen LogP contribution in [0.2, 0.25) is 0 Å². The largest absolute Gasteiger partial charge is 0.365 e. The highest BCUT2D eigenvalue weighted by atomic mass is 19.1. The van der Waals surface area contributed by atoms with E-state index in [0.29, 0.717) is 11.4 Å². The number of nitrogens with two attached hydrogens (primary N) is 1. The Labute approximate surface area is 152 Å². The van der Waals surface area contributed by atoms with Crippen molar-refractivity contribution >= 4 is 17.4 Å². The van der Waals surface area contributed by atoms with Crippen LogP contribution in [0, 0.1) is 17.1 Å². The lowest BCUT2D eigenvalue weighted by Crippen LogP contribution is -2.25. The Morgan fingerprint density at radius 1 is 1.37 bits per heavy atom. The van der Waals surface area contributed by atoms with Crippen molar-refractivity contribution in [1.29, 1.82) is 5.26 Å². The summed E-state index contributed by atoms with van der Waals surface area (Å²) >= 11 is 0. The molecule has 2 aromatic heterocycles. The number of primary amides is 1. The van der Waals surface area contributed by atoms with Crippen molar-refractivity contribution in [3.8, 4) is 6.07 Å². The van der Waals surface area contributed by atoms with Crippen LogP contribution < -0.4 is 10.6 Å². The van der Waals surface area contributed by atoms with Gasteiger partial charge in [0, 0.05) is 12.6 Å². The Balaban J connectivity index is 1.79. The number of amides is 1. The van der Waals surface area contributed by atoms with Gasteiger partial charge in [0.05, 0.1) is 30.4 Å². The van der Waals surface area contributed by atoms with Crippen LogP contribution in [-0.4, -0.2) is 33.2 Å². The molecule has 1 aliphatic rings. The number of carbonyl (C=O) groups excluding carboxylic acids is 1. The molecule has 0 bridgehead atoms. The first-order chi connectivity index (χ1) is 13.0. The highest BCUT2D eigenvalue weighted by molar-refractivity contribution is 5.98. The molecular weight excluding hydrogens is 354 g/mol. The van der Waals surface area contributed by atoms with Gasteiger partial charge in [0.25, 0.3) is 5.91 Å². The number of carbonyl (C=O) groups is 1. The summed E-state index contributed by atoms with van der Waals surface area (Å²) in [5.74, 6) is -0.806. The first-order valence-electron chi connectivity index (χ1n) is 8.22. The SMILES string of the molecule is N#Cc1cc(F)cc(C2CC(F)CN2c2ccn3ncc(C(N)=O)c3n2)c1. The Hall–Kier alpha value is -3.54. The summed E-state index contributed by atoms with van der Waals surface area (Å²) in [7, 11) is 0.